The lowest BCUT2D eigenvalue weighted by atomic mass is 10.2. The zero-order valence-corrected chi connectivity index (χ0v) is 12.1. The van der Waals surface area contributed by atoms with Gasteiger partial charge in [-0.2, -0.15) is 0 Å². The molecular weight excluding hydrogens is 302 g/mol. The van der Waals surface area contributed by atoms with Crippen molar-refractivity contribution in [1.29, 1.82) is 0 Å². The molecule has 0 fully saturated rings. The van der Waals surface area contributed by atoms with Crippen LogP contribution in [0.15, 0.2) is 48.5 Å². The molecule has 0 unspecified atom stereocenters. The number of amides is 2. The summed E-state index contributed by atoms with van der Waals surface area (Å²) in [5.74, 6) is -0.868. The summed E-state index contributed by atoms with van der Waals surface area (Å²) in [6.45, 7) is 0. The van der Waals surface area contributed by atoms with Crippen molar-refractivity contribution in [2.45, 2.75) is 0 Å². The maximum Gasteiger partial charge on any atom is 0.282 e. The van der Waals surface area contributed by atoms with E-state index in [1.54, 1.807) is 12.1 Å². The Morgan fingerprint density at radius 1 is 1.04 bits per heavy atom. The average Bonchev–Trinajstić information content (AvgIpc) is 2.59. The summed E-state index contributed by atoms with van der Waals surface area (Å²) in [4.78, 5) is 34.1. The van der Waals surface area contributed by atoms with Crippen molar-refractivity contribution in [2.75, 3.05) is 7.11 Å². The molecule has 0 aliphatic rings. The van der Waals surface area contributed by atoms with Gasteiger partial charge in [-0.05, 0) is 24.3 Å². The van der Waals surface area contributed by atoms with Crippen molar-refractivity contribution in [1.82, 2.24) is 10.9 Å². The molecule has 0 aliphatic carbocycles. The molecule has 8 nitrogen and oxygen atoms in total. The van der Waals surface area contributed by atoms with E-state index in [9.17, 15) is 19.7 Å². The lowest BCUT2D eigenvalue weighted by Crippen LogP contribution is -2.41. The molecule has 0 aliphatic heterocycles. The van der Waals surface area contributed by atoms with Gasteiger partial charge in [0.2, 0.25) is 0 Å². The topological polar surface area (TPSA) is 111 Å². The van der Waals surface area contributed by atoms with E-state index in [1.807, 2.05) is 0 Å². The van der Waals surface area contributed by atoms with Crippen LogP contribution in [0.25, 0.3) is 0 Å². The first kappa shape index (κ1) is 16.0. The van der Waals surface area contributed by atoms with Crippen LogP contribution in [-0.2, 0) is 0 Å². The second-order valence-electron chi connectivity index (χ2n) is 4.41. The van der Waals surface area contributed by atoms with Gasteiger partial charge in [0.15, 0.2) is 0 Å². The van der Waals surface area contributed by atoms with E-state index in [1.165, 1.54) is 43.5 Å². The van der Waals surface area contributed by atoms with Gasteiger partial charge in [0.05, 0.1) is 12.0 Å². The highest BCUT2D eigenvalue weighted by atomic mass is 16.6. The Morgan fingerprint density at radius 2 is 1.74 bits per heavy atom. The van der Waals surface area contributed by atoms with Crippen molar-refractivity contribution < 1.29 is 19.2 Å². The number of ether oxygens (including phenoxy) is 1. The molecule has 2 aromatic carbocycles. The highest BCUT2D eigenvalue weighted by Gasteiger charge is 2.19. The molecule has 2 aromatic rings. The highest BCUT2D eigenvalue weighted by Crippen LogP contribution is 2.17. The number of nitrogens with one attached hydrogen (secondary N) is 2. The number of nitrogens with zero attached hydrogens (tertiary/aromatic N) is 1. The van der Waals surface area contributed by atoms with Crippen LogP contribution < -0.4 is 15.6 Å². The molecule has 2 rings (SSSR count). The summed E-state index contributed by atoms with van der Waals surface area (Å²) in [5, 5.41) is 10.9. The zero-order valence-electron chi connectivity index (χ0n) is 12.1. The Hall–Kier alpha value is -3.42. The van der Waals surface area contributed by atoms with Crippen LogP contribution in [0.1, 0.15) is 20.7 Å². The van der Waals surface area contributed by atoms with E-state index in [0.717, 1.165) is 0 Å². The minimum absolute atomic E-state index is 0.150. The number of hydrogen-bond donors (Lipinski definition) is 2. The maximum atomic E-state index is 12.0. The minimum atomic E-state index is -0.784. The number of hydrogen-bond acceptors (Lipinski definition) is 5. The van der Waals surface area contributed by atoms with Crippen molar-refractivity contribution in [3.8, 4) is 5.75 Å². The van der Waals surface area contributed by atoms with Gasteiger partial charge in [-0.1, -0.05) is 18.2 Å². The van der Waals surface area contributed by atoms with E-state index in [-0.39, 0.29) is 16.8 Å². The summed E-state index contributed by atoms with van der Waals surface area (Å²) < 4.78 is 5.00. The van der Waals surface area contributed by atoms with E-state index in [4.69, 9.17) is 4.74 Å². The SMILES string of the molecule is COc1cccc(C(=O)NNC(=O)c2ccccc2[N+](=O)[O-])c1. The summed E-state index contributed by atoms with van der Waals surface area (Å²) in [7, 11) is 1.47. The number of para-hydroxylation sites is 1. The minimum Gasteiger partial charge on any atom is -0.497 e. The lowest BCUT2D eigenvalue weighted by Gasteiger charge is -2.08. The third-order valence-electron chi connectivity index (χ3n) is 2.97. The van der Waals surface area contributed by atoms with Gasteiger partial charge in [0, 0.05) is 11.6 Å². The predicted molar refractivity (Wildman–Crippen MR) is 81.0 cm³/mol. The summed E-state index contributed by atoms with van der Waals surface area (Å²) >= 11 is 0. The number of hydrazine groups is 1. The Bertz CT molecular complexity index is 760. The summed E-state index contributed by atoms with van der Waals surface area (Å²) in [6.07, 6.45) is 0. The van der Waals surface area contributed by atoms with Gasteiger partial charge in [0.25, 0.3) is 17.5 Å². The molecule has 0 radical (unpaired) electrons. The van der Waals surface area contributed by atoms with Crippen molar-refractivity contribution in [3.63, 3.8) is 0 Å². The standard InChI is InChI=1S/C15H13N3O5/c1-23-11-6-4-5-10(9-11)14(19)16-17-15(20)12-7-2-3-8-13(12)18(21)22/h2-9H,1H3,(H,16,19)(H,17,20). The first-order valence-corrected chi connectivity index (χ1v) is 6.51. The largest absolute Gasteiger partial charge is 0.497 e. The second kappa shape index (κ2) is 7.03. The molecule has 0 atom stereocenters. The maximum absolute atomic E-state index is 12.0. The van der Waals surface area contributed by atoms with Crippen LogP contribution in [0.4, 0.5) is 5.69 Å². The summed E-state index contributed by atoms with van der Waals surface area (Å²) in [6, 6.07) is 11.8. The van der Waals surface area contributed by atoms with E-state index in [2.05, 4.69) is 10.9 Å². The molecular formula is C15H13N3O5. The third-order valence-corrected chi connectivity index (χ3v) is 2.97. The fraction of sp³-hybridized carbons (Fsp3) is 0.0667. The average molecular weight is 315 g/mol. The van der Waals surface area contributed by atoms with Crippen LogP contribution >= 0.6 is 0 Å². The van der Waals surface area contributed by atoms with Gasteiger partial charge in [-0.15, -0.1) is 0 Å². The van der Waals surface area contributed by atoms with Gasteiger partial charge in [-0.3, -0.25) is 30.6 Å². The van der Waals surface area contributed by atoms with Gasteiger partial charge >= 0.3 is 0 Å². The van der Waals surface area contributed by atoms with Crippen LogP contribution in [0.2, 0.25) is 0 Å². The predicted octanol–water partition coefficient (Wildman–Crippen LogP) is 1.68. The first-order valence-electron chi connectivity index (χ1n) is 6.51. The second-order valence-corrected chi connectivity index (χ2v) is 4.41. The number of nitro groups is 1. The number of carbonyl (C=O) groups excluding carboxylic acids is 2. The van der Waals surface area contributed by atoms with Crippen LogP contribution in [0.5, 0.6) is 5.75 Å². The van der Waals surface area contributed by atoms with Crippen LogP contribution in [0, 0.1) is 10.1 Å². The number of nitro benzene ring substituents is 1. The first-order chi connectivity index (χ1) is 11.0. The molecule has 0 aromatic heterocycles. The van der Waals surface area contributed by atoms with Crippen molar-refractivity contribution in [3.05, 3.63) is 69.8 Å². The van der Waals surface area contributed by atoms with E-state index >= 15 is 0 Å². The van der Waals surface area contributed by atoms with Crippen molar-refractivity contribution >= 4 is 17.5 Å². The Kier molecular flexibility index (Phi) is 4.88. The normalized spacial score (nSPS) is 9.78. The number of rotatable bonds is 4. The van der Waals surface area contributed by atoms with Gasteiger partial charge in [0.1, 0.15) is 11.3 Å². The number of carbonyl (C=O) groups is 2. The number of benzene rings is 2. The van der Waals surface area contributed by atoms with Crippen molar-refractivity contribution in [2.24, 2.45) is 0 Å². The van der Waals surface area contributed by atoms with Crippen LogP contribution in [-0.4, -0.2) is 23.8 Å². The Balaban J connectivity index is 2.07. The molecule has 0 saturated heterocycles. The molecule has 23 heavy (non-hydrogen) atoms. The fourth-order valence-corrected chi connectivity index (χ4v) is 1.84. The summed E-state index contributed by atoms with van der Waals surface area (Å²) in [5.41, 5.74) is 4.12. The Labute approximate surface area is 131 Å². The molecule has 2 amide bonds. The monoisotopic (exact) mass is 315 g/mol. The smallest absolute Gasteiger partial charge is 0.282 e. The Morgan fingerprint density at radius 3 is 2.43 bits per heavy atom. The molecule has 2 N–H and O–H groups in total. The van der Waals surface area contributed by atoms with Crippen LogP contribution in [0.3, 0.4) is 0 Å². The zero-order chi connectivity index (χ0) is 16.8. The third kappa shape index (κ3) is 3.82. The molecule has 118 valence electrons. The molecule has 0 spiro atoms. The molecule has 0 heterocycles. The van der Waals surface area contributed by atoms with Gasteiger partial charge in [-0.25, -0.2) is 0 Å². The van der Waals surface area contributed by atoms with E-state index in [0.29, 0.717) is 5.75 Å². The fourth-order valence-electron chi connectivity index (χ4n) is 1.84. The quantitative estimate of drug-likeness (QED) is 0.658. The van der Waals surface area contributed by atoms with Gasteiger partial charge < -0.3 is 4.74 Å². The molecule has 0 saturated carbocycles. The number of methoxy groups -OCH3 is 1. The molecule has 0 bridgehead atoms. The lowest BCUT2D eigenvalue weighted by molar-refractivity contribution is -0.385. The van der Waals surface area contributed by atoms with E-state index < -0.39 is 16.7 Å². The molecule has 8 heteroatoms. The highest BCUT2D eigenvalue weighted by molar-refractivity contribution is 6.01.